The molecule has 7 rings (SSSR count). The number of nitrogens with zero attached hydrogens (tertiary/aromatic N) is 5. The first-order valence-electron chi connectivity index (χ1n) is 16.3. The highest BCUT2D eigenvalue weighted by Crippen LogP contribution is 2.47. The molecule has 3 aromatic heterocycles. The van der Waals surface area contributed by atoms with Gasteiger partial charge in [0.25, 0.3) is 0 Å². The van der Waals surface area contributed by atoms with Crippen molar-refractivity contribution in [1.82, 2.24) is 18.9 Å². The number of nitrogens with one attached hydrogen (secondary N) is 1. The minimum atomic E-state index is -1.03. The van der Waals surface area contributed by atoms with Gasteiger partial charge in [-0.25, -0.2) is 13.8 Å². The number of carbonyl (C=O) groups excluding carboxylic acids is 2. The number of likely N-dealkylation sites (N-methyl/N-ethyl adjacent to an activating group) is 1. The molecule has 254 valence electrons. The van der Waals surface area contributed by atoms with E-state index in [0.29, 0.717) is 31.9 Å². The molecule has 0 bridgehead atoms. The smallest absolute Gasteiger partial charge is 0.248 e. The lowest BCUT2D eigenvalue weighted by Crippen LogP contribution is -2.23. The quantitative estimate of drug-likeness (QED) is 0.158. The molecule has 49 heavy (non-hydrogen) atoms. The van der Waals surface area contributed by atoms with Crippen molar-refractivity contribution in [3.63, 3.8) is 0 Å². The van der Waals surface area contributed by atoms with Crippen LogP contribution in [0.1, 0.15) is 40.3 Å². The maximum atomic E-state index is 15.3. The summed E-state index contributed by atoms with van der Waals surface area (Å²) in [6, 6.07) is 9.51. The maximum Gasteiger partial charge on any atom is 0.248 e. The van der Waals surface area contributed by atoms with E-state index < -0.39 is 29.0 Å². The zero-order valence-electron chi connectivity index (χ0n) is 28.0. The number of aryl methyl sites for hydroxylation is 1. The number of methoxy groups -OCH3 is 2. The average Bonchev–Trinajstić information content (AvgIpc) is 3.82. The average molecular weight is 669 g/mol. The number of ether oxygens (including phenoxy) is 2. The van der Waals surface area contributed by atoms with Crippen LogP contribution < -0.4 is 15.0 Å². The fraction of sp³-hybridized carbons (Fsp3) is 0.324. The highest BCUT2D eigenvalue weighted by Gasteiger charge is 2.29. The van der Waals surface area contributed by atoms with Gasteiger partial charge in [0.1, 0.15) is 41.0 Å². The molecular weight excluding hydrogens is 630 g/mol. The Kier molecular flexibility index (Phi) is 8.68. The minimum absolute atomic E-state index is 0.167. The third kappa shape index (κ3) is 5.74. The van der Waals surface area contributed by atoms with Crippen molar-refractivity contribution in [1.29, 1.82) is 0 Å². The van der Waals surface area contributed by atoms with E-state index in [1.165, 1.54) is 6.08 Å². The summed E-state index contributed by atoms with van der Waals surface area (Å²) in [4.78, 5) is 35.7. The minimum Gasteiger partial charge on any atom is -0.496 e. The van der Waals surface area contributed by atoms with Gasteiger partial charge in [-0.15, -0.1) is 0 Å². The second-order valence-electron chi connectivity index (χ2n) is 12.6. The molecule has 1 saturated heterocycles. The van der Waals surface area contributed by atoms with Crippen molar-refractivity contribution in [2.24, 2.45) is 7.05 Å². The highest BCUT2D eigenvalue weighted by molar-refractivity contribution is 6.11. The van der Waals surface area contributed by atoms with Crippen LogP contribution in [-0.4, -0.2) is 78.0 Å². The van der Waals surface area contributed by atoms with Crippen LogP contribution >= 0.6 is 0 Å². The van der Waals surface area contributed by atoms with Crippen LogP contribution in [0.2, 0.25) is 0 Å². The van der Waals surface area contributed by atoms with Gasteiger partial charge < -0.3 is 28.7 Å². The largest absolute Gasteiger partial charge is 0.496 e. The van der Waals surface area contributed by atoms with Crippen molar-refractivity contribution in [3.05, 3.63) is 89.0 Å². The third-order valence-electron chi connectivity index (χ3n) is 9.55. The number of amides is 1. The number of hydrogen-bond donors (Lipinski definition) is 1. The molecule has 10 nitrogen and oxygen atoms in total. The van der Waals surface area contributed by atoms with Gasteiger partial charge in [-0.05, 0) is 62.2 Å². The van der Waals surface area contributed by atoms with E-state index in [-0.39, 0.29) is 11.3 Å². The molecule has 2 aliphatic rings. The summed E-state index contributed by atoms with van der Waals surface area (Å²) in [5.41, 5.74) is 5.48. The van der Waals surface area contributed by atoms with E-state index in [1.54, 1.807) is 37.0 Å². The predicted octanol–water partition coefficient (Wildman–Crippen LogP) is 5.74. The van der Waals surface area contributed by atoms with Crippen LogP contribution in [-0.2, 0) is 29.6 Å². The zero-order valence-corrected chi connectivity index (χ0v) is 28.0. The topological polar surface area (TPSA) is 93.3 Å². The lowest BCUT2D eigenvalue weighted by molar-refractivity contribution is -0.112. The fourth-order valence-electron chi connectivity index (χ4n) is 7.10. The summed E-state index contributed by atoms with van der Waals surface area (Å²) in [5.74, 6) is -1.84. The van der Waals surface area contributed by atoms with Crippen molar-refractivity contribution in [2.75, 3.05) is 57.7 Å². The number of halogens is 2. The van der Waals surface area contributed by atoms with Gasteiger partial charge >= 0.3 is 0 Å². The van der Waals surface area contributed by atoms with Gasteiger partial charge in [0.15, 0.2) is 0 Å². The van der Waals surface area contributed by atoms with E-state index in [0.717, 1.165) is 82.8 Å². The van der Waals surface area contributed by atoms with Gasteiger partial charge in [-0.3, -0.25) is 14.5 Å². The van der Waals surface area contributed by atoms with Gasteiger partial charge in [0.05, 0.1) is 35.1 Å². The Morgan fingerprint density at radius 2 is 1.80 bits per heavy atom. The van der Waals surface area contributed by atoms with Gasteiger partial charge in [-0.2, -0.15) is 0 Å². The van der Waals surface area contributed by atoms with E-state index in [4.69, 9.17) is 14.5 Å². The van der Waals surface area contributed by atoms with E-state index in [1.807, 2.05) is 36.9 Å². The summed E-state index contributed by atoms with van der Waals surface area (Å²) < 4.78 is 45.7. The van der Waals surface area contributed by atoms with E-state index in [2.05, 4.69) is 15.1 Å². The molecule has 0 radical (unpaired) electrons. The van der Waals surface area contributed by atoms with Crippen LogP contribution in [0.4, 0.5) is 20.2 Å². The van der Waals surface area contributed by atoms with Crippen molar-refractivity contribution < 1.29 is 27.8 Å². The van der Waals surface area contributed by atoms with Crippen LogP contribution in [0.5, 0.6) is 5.75 Å². The summed E-state index contributed by atoms with van der Waals surface area (Å²) in [5, 5.41) is 2.29. The number of hydrogen-bond acceptors (Lipinski definition) is 7. The lowest BCUT2D eigenvalue weighted by atomic mass is 9.96. The number of anilines is 2. The normalized spacial score (nSPS) is 14.9. The number of benzene rings is 2. The zero-order chi connectivity index (χ0) is 34.4. The number of aromatic nitrogens is 3. The van der Waals surface area contributed by atoms with E-state index >= 15 is 8.78 Å². The third-order valence-corrected chi connectivity index (χ3v) is 9.55. The van der Waals surface area contributed by atoms with Crippen LogP contribution in [0.3, 0.4) is 0 Å². The molecule has 0 saturated carbocycles. The molecule has 2 aromatic carbocycles. The first-order chi connectivity index (χ1) is 23.7. The summed E-state index contributed by atoms with van der Waals surface area (Å²) in [6.07, 6.45) is 7.57. The SMILES string of the molecule is COCc1nc2c3c(c(OC)cc2n1C)-c1cccn2c(C(=O)c4cc(F)c(NC(=O)/C=C/CN5CCCC5)c(F)c4)cc(c12)CCN3C. The van der Waals surface area contributed by atoms with Gasteiger partial charge in [-0.1, -0.05) is 12.1 Å². The second-order valence-corrected chi connectivity index (χ2v) is 12.6. The molecule has 0 unspecified atom stereocenters. The van der Waals surface area contributed by atoms with Crippen LogP contribution in [0, 0.1) is 11.6 Å². The molecule has 12 heteroatoms. The fourth-order valence-corrected chi connectivity index (χ4v) is 7.10. The standard InChI is InChI=1S/C37H38F2N6O4/c1-42-16-11-22-19-28(37(47)23-17-25(38)33(26(39)18-23)41-31(46)10-8-14-44-12-5-6-13-44)45-15-7-9-24(35(22)45)32-29(49-4)20-27-34(36(32)42)40-30(21-48-3)43(27)2/h7-10,15,17-20H,5-6,11-14,16,21H2,1-4H3,(H,41,46)/b10-8+. The molecule has 5 heterocycles. The molecule has 0 spiro atoms. The molecule has 0 aliphatic carbocycles. The molecule has 2 aliphatic heterocycles. The van der Waals surface area contributed by atoms with E-state index in [9.17, 15) is 9.59 Å². The Morgan fingerprint density at radius 3 is 2.51 bits per heavy atom. The highest BCUT2D eigenvalue weighted by atomic mass is 19.1. The van der Waals surface area contributed by atoms with Gasteiger partial charge in [0.2, 0.25) is 11.7 Å². The summed E-state index contributed by atoms with van der Waals surface area (Å²) in [7, 11) is 7.21. The molecule has 0 atom stereocenters. The maximum absolute atomic E-state index is 15.3. The Balaban J connectivity index is 1.27. The van der Waals surface area contributed by atoms with Crippen molar-refractivity contribution in [2.45, 2.75) is 25.9 Å². The first-order valence-corrected chi connectivity index (χ1v) is 16.3. The first kappa shape index (κ1) is 32.5. The number of pyridine rings is 1. The number of likely N-dealkylation sites (tertiary alicyclic amines) is 1. The summed E-state index contributed by atoms with van der Waals surface area (Å²) >= 11 is 0. The molecular formula is C37H38F2N6O4. The number of ketones is 1. The van der Waals surface area contributed by atoms with Crippen molar-refractivity contribution >= 4 is 39.6 Å². The molecule has 1 amide bonds. The Hall–Kier alpha value is -5.07. The number of rotatable bonds is 9. The monoisotopic (exact) mass is 668 g/mol. The molecule has 1 fully saturated rings. The summed E-state index contributed by atoms with van der Waals surface area (Å²) in [6.45, 7) is 3.48. The number of imidazole rings is 1. The Morgan fingerprint density at radius 1 is 1.04 bits per heavy atom. The van der Waals surface area contributed by atoms with Crippen molar-refractivity contribution in [3.8, 4) is 16.9 Å². The van der Waals surface area contributed by atoms with Crippen LogP contribution in [0.15, 0.2) is 54.7 Å². The number of fused-ring (bicyclic) bond motifs is 4. The lowest BCUT2D eigenvalue weighted by Gasteiger charge is -2.27. The molecule has 5 aromatic rings. The Bertz CT molecular complexity index is 2120. The number of carbonyl (C=O) groups is 2. The van der Waals surface area contributed by atoms with Gasteiger partial charge in [0, 0.05) is 63.8 Å². The second kappa shape index (κ2) is 13.1. The Labute approximate surface area is 282 Å². The predicted molar refractivity (Wildman–Crippen MR) is 185 cm³/mol. The van der Waals surface area contributed by atoms with Crippen LogP contribution in [0.25, 0.3) is 27.7 Å². The molecule has 1 N–H and O–H groups in total.